The smallest absolute Gasteiger partial charge is 0.235 e. The van der Waals surface area contributed by atoms with Crippen LogP contribution in [-0.2, 0) is 9.59 Å². The summed E-state index contributed by atoms with van der Waals surface area (Å²) in [5, 5.41) is 9.71. The van der Waals surface area contributed by atoms with E-state index in [0.29, 0.717) is 13.0 Å². The maximum absolute atomic E-state index is 10.5. The van der Waals surface area contributed by atoms with Crippen LogP contribution in [0.25, 0.3) is 0 Å². The van der Waals surface area contributed by atoms with E-state index in [-0.39, 0.29) is 18.0 Å². The predicted molar refractivity (Wildman–Crippen MR) is 71.3 cm³/mol. The Hall–Kier alpha value is -1.36. The third-order valence-corrected chi connectivity index (χ3v) is 4.05. The van der Waals surface area contributed by atoms with Crippen LogP contribution in [0.15, 0.2) is 9.98 Å². The number of isocyanates is 2. The summed E-state index contributed by atoms with van der Waals surface area (Å²) in [4.78, 5) is 28.4. The van der Waals surface area contributed by atoms with E-state index in [2.05, 4.69) is 25.9 Å². The molecule has 1 fully saturated rings. The van der Waals surface area contributed by atoms with Gasteiger partial charge in [-0.3, -0.25) is 0 Å². The standard InChI is InChI=1S/C12H21N5O2/c1-13-11-4-9(17-8-19)5-12(14-2,15-3)10(11)6-16-7-18/h9-11,13-15H,4-6H2,1-3H3. The van der Waals surface area contributed by atoms with Gasteiger partial charge in [-0.15, -0.1) is 0 Å². The highest BCUT2D eigenvalue weighted by atomic mass is 16.1. The van der Waals surface area contributed by atoms with Gasteiger partial charge in [0, 0.05) is 18.4 Å². The Bertz CT molecular complexity index is 384. The predicted octanol–water partition coefficient (Wildman–Crippen LogP) is -0.840. The third kappa shape index (κ3) is 3.35. The van der Waals surface area contributed by atoms with Crippen molar-refractivity contribution in [3.8, 4) is 0 Å². The zero-order valence-electron chi connectivity index (χ0n) is 11.6. The summed E-state index contributed by atoms with van der Waals surface area (Å²) < 4.78 is 0. The fourth-order valence-electron chi connectivity index (χ4n) is 3.02. The highest BCUT2D eigenvalue weighted by Crippen LogP contribution is 2.33. The van der Waals surface area contributed by atoms with Gasteiger partial charge in [-0.2, -0.15) is 0 Å². The highest BCUT2D eigenvalue weighted by molar-refractivity contribution is 5.34. The van der Waals surface area contributed by atoms with Crippen LogP contribution in [0.5, 0.6) is 0 Å². The van der Waals surface area contributed by atoms with E-state index in [1.54, 1.807) is 12.2 Å². The molecule has 1 aliphatic carbocycles. The van der Waals surface area contributed by atoms with Gasteiger partial charge in [0.2, 0.25) is 12.2 Å². The fourth-order valence-corrected chi connectivity index (χ4v) is 3.02. The maximum atomic E-state index is 10.5. The Morgan fingerprint density at radius 2 is 1.89 bits per heavy atom. The normalized spacial score (nSPS) is 29.1. The molecule has 0 aromatic heterocycles. The number of rotatable bonds is 6. The van der Waals surface area contributed by atoms with Gasteiger partial charge in [-0.05, 0) is 27.6 Å². The molecule has 0 aliphatic heterocycles. The lowest BCUT2D eigenvalue weighted by atomic mass is 9.73. The molecule has 0 amide bonds. The number of nitrogens with one attached hydrogen (secondary N) is 3. The number of hydrogen-bond donors (Lipinski definition) is 3. The third-order valence-electron chi connectivity index (χ3n) is 4.05. The van der Waals surface area contributed by atoms with Crippen LogP contribution in [-0.4, -0.2) is 57.6 Å². The van der Waals surface area contributed by atoms with Gasteiger partial charge < -0.3 is 16.0 Å². The molecule has 3 atom stereocenters. The van der Waals surface area contributed by atoms with Crippen molar-refractivity contribution in [1.82, 2.24) is 16.0 Å². The zero-order valence-corrected chi connectivity index (χ0v) is 11.6. The van der Waals surface area contributed by atoms with Crippen molar-refractivity contribution in [3.63, 3.8) is 0 Å². The first-order chi connectivity index (χ1) is 9.17. The van der Waals surface area contributed by atoms with Crippen LogP contribution in [0.2, 0.25) is 0 Å². The quantitative estimate of drug-likeness (QED) is 0.331. The molecule has 3 N–H and O–H groups in total. The minimum Gasteiger partial charge on any atom is -0.316 e. The van der Waals surface area contributed by atoms with E-state index in [1.807, 2.05) is 21.1 Å². The summed E-state index contributed by atoms with van der Waals surface area (Å²) in [5.41, 5.74) is -0.433. The summed E-state index contributed by atoms with van der Waals surface area (Å²) in [7, 11) is 5.53. The molecule has 0 aromatic carbocycles. The van der Waals surface area contributed by atoms with E-state index in [4.69, 9.17) is 0 Å². The van der Waals surface area contributed by atoms with Crippen LogP contribution < -0.4 is 16.0 Å². The van der Waals surface area contributed by atoms with Gasteiger partial charge in [0.05, 0.1) is 18.2 Å². The molecule has 7 nitrogen and oxygen atoms in total. The van der Waals surface area contributed by atoms with E-state index in [9.17, 15) is 9.59 Å². The van der Waals surface area contributed by atoms with Gasteiger partial charge >= 0.3 is 0 Å². The summed E-state index contributed by atoms with van der Waals surface area (Å²) in [6.45, 7) is 0.369. The van der Waals surface area contributed by atoms with Crippen LogP contribution >= 0.6 is 0 Å². The number of aliphatic imine (C=N–C) groups is 2. The Balaban J connectivity index is 3.07. The first-order valence-electron chi connectivity index (χ1n) is 6.33. The molecule has 0 aromatic rings. The van der Waals surface area contributed by atoms with Gasteiger partial charge in [-0.25, -0.2) is 19.6 Å². The van der Waals surface area contributed by atoms with E-state index >= 15 is 0 Å². The summed E-state index contributed by atoms with van der Waals surface area (Å²) in [6.07, 6.45) is 4.58. The van der Waals surface area contributed by atoms with E-state index < -0.39 is 5.66 Å². The van der Waals surface area contributed by atoms with Crippen molar-refractivity contribution in [1.29, 1.82) is 0 Å². The fraction of sp³-hybridized carbons (Fsp3) is 0.833. The lowest BCUT2D eigenvalue weighted by molar-refractivity contribution is 0.0833. The first-order valence-corrected chi connectivity index (χ1v) is 6.33. The molecule has 0 radical (unpaired) electrons. The largest absolute Gasteiger partial charge is 0.316 e. The molecule has 0 spiro atoms. The zero-order chi connectivity index (χ0) is 14.3. The Morgan fingerprint density at radius 1 is 1.21 bits per heavy atom. The average Bonchev–Trinajstić information content (AvgIpc) is 2.45. The molecule has 1 rings (SSSR count). The number of nitrogens with zero attached hydrogens (tertiary/aromatic N) is 2. The van der Waals surface area contributed by atoms with Crippen molar-refractivity contribution in [2.45, 2.75) is 30.6 Å². The average molecular weight is 267 g/mol. The molecule has 3 unspecified atom stereocenters. The Labute approximate surface area is 113 Å². The van der Waals surface area contributed by atoms with Crippen LogP contribution in [0.4, 0.5) is 0 Å². The van der Waals surface area contributed by atoms with Gasteiger partial charge in [0.15, 0.2) is 0 Å². The molecule has 0 heterocycles. The second kappa shape index (κ2) is 7.28. The lowest BCUT2D eigenvalue weighted by Crippen LogP contribution is -2.68. The SMILES string of the molecule is CNC1CC(N=C=O)CC(NC)(NC)C1CN=C=O. The lowest BCUT2D eigenvalue weighted by Gasteiger charge is -2.49. The molecular weight excluding hydrogens is 246 g/mol. The summed E-state index contributed by atoms with van der Waals surface area (Å²) in [5.74, 6) is 0.0621. The van der Waals surface area contributed by atoms with E-state index in [1.165, 1.54) is 0 Å². The molecule has 1 saturated carbocycles. The van der Waals surface area contributed by atoms with E-state index in [0.717, 1.165) is 6.42 Å². The Morgan fingerprint density at radius 3 is 2.37 bits per heavy atom. The molecule has 1 aliphatic rings. The van der Waals surface area contributed by atoms with Crippen LogP contribution in [0.1, 0.15) is 12.8 Å². The second-order valence-electron chi connectivity index (χ2n) is 4.72. The minimum absolute atomic E-state index is 0.0621. The first kappa shape index (κ1) is 15.7. The van der Waals surface area contributed by atoms with Gasteiger partial charge in [0.25, 0.3) is 0 Å². The van der Waals surface area contributed by atoms with Gasteiger partial charge in [-0.1, -0.05) is 0 Å². The van der Waals surface area contributed by atoms with Crippen LogP contribution in [0, 0.1) is 5.92 Å². The molecule has 0 bridgehead atoms. The minimum atomic E-state index is -0.433. The topological polar surface area (TPSA) is 94.9 Å². The van der Waals surface area contributed by atoms with Gasteiger partial charge in [0.1, 0.15) is 0 Å². The van der Waals surface area contributed by atoms with Crippen molar-refractivity contribution >= 4 is 12.2 Å². The Kier molecular flexibility index (Phi) is 6.02. The maximum Gasteiger partial charge on any atom is 0.235 e. The molecule has 0 saturated heterocycles. The highest BCUT2D eigenvalue weighted by Gasteiger charge is 2.46. The monoisotopic (exact) mass is 267 g/mol. The molecular formula is C12H21N5O2. The van der Waals surface area contributed by atoms with Crippen molar-refractivity contribution in [2.24, 2.45) is 15.9 Å². The van der Waals surface area contributed by atoms with Crippen LogP contribution in [0.3, 0.4) is 0 Å². The van der Waals surface area contributed by atoms with Crippen molar-refractivity contribution in [2.75, 3.05) is 27.7 Å². The molecule has 19 heavy (non-hydrogen) atoms. The van der Waals surface area contributed by atoms with Crippen molar-refractivity contribution in [3.05, 3.63) is 0 Å². The summed E-state index contributed by atoms with van der Waals surface area (Å²) >= 11 is 0. The summed E-state index contributed by atoms with van der Waals surface area (Å²) in [6, 6.07) is -0.0147. The van der Waals surface area contributed by atoms with Crippen molar-refractivity contribution < 1.29 is 9.59 Å². The molecule has 106 valence electrons. The second-order valence-corrected chi connectivity index (χ2v) is 4.72. The number of carbonyl (C=O) groups excluding carboxylic acids is 2. The molecule has 7 heteroatoms. The number of hydrogen-bond acceptors (Lipinski definition) is 7.